The van der Waals surface area contributed by atoms with Crippen molar-refractivity contribution in [1.82, 2.24) is 19.9 Å². The lowest BCUT2D eigenvalue weighted by molar-refractivity contribution is 0.122. The van der Waals surface area contributed by atoms with Crippen LogP contribution < -0.4 is 15.0 Å². The Kier molecular flexibility index (Phi) is 5.39. The molecular formula is C24H26N6O3. The summed E-state index contributed by atoms with van der Waals surface area (Å²) in [5.41, 5.74) is 3.40. The normalized spacial score (nSPS) is 21.4. The van der Waals surface area contributed by atoms with Crippen molar-refractivity contribution in [2.75, 3.05) is 36.5 Å². The largest absolute Gasteiger partial charge is 0.488 e. The second-order valence-corrected chi connectivity index (χ2v) is 8.56. The van der Waals surface area contributed by atoms with Gasteiger partial charge in [0.1, 0.15) is 23.4 Å². The van der Waals surface area contributed by atoms with Crippen LogP contribution in [-0.4, -0.2) is 58.4 Å². The lowest BCUT2D eigenvalue weighted by Crippen LogP contribution is -2.36. The van der Waals surface area contributed by atoms with E-state index in [0.29, 0.717) is 11.8 Å². The van der Waals surface area contributed by atoms with E-state index in [1.165, 1.54) is 6.33 Å². The van der Waals surface area contributed by atoms with Crippen molar-refractivity contribution in [2.45, 2.75) is 37.8 Å². The predicted molar refractivity (Wildman–Crippen MR) is 125 cm³/mol. The monoisotopic (exact) mass is 446 g/mol. The molecule has 170 valence electrons. The highest BCUT2D eigenvalue weighted by Crippen LogP contribution is 2.33. The van der Waals surface area contributed by atoms with Crippen LogP contribution in [0.5, 0.6) is 5.75 Å². The second-order valence-electron chi connectivity index (χ2n) is 8.56. The summed E-state index contributed by atoms with van der Waals surface area (Å²) in [6.45, 7) is 3.22. The lowest BCUT2D eigenvalue weighted by atomic mass is 9.93. The van der Waals surface area contributed by atoms with E-state index in [2.05, 4.69) is 42.3 Å². The molecule has 0 unspecified atom stereocenters. The fraction of sp³-hybridized carbons (Fsp3) is 0.417. The van der Waals surface area contributed by atoms with Crippen LogP contribution in [0.2, 0.25) is 0 Å². The molecule has 1 saturated carbocycles. The molecule has 2 aliphatic rings. The highest BCUT2D eigenvalue weighted by Gasteiger charge is 2.25. The highest BCUT2D eigenvalue weighted by molar-refractivity contribution is 5.86. The Morgan fingerprint density at radius 1 is 0.970 bits per heavy atom. The third-order valence-corrected chi connectivity index (χ3v) is 6.47. The molecule has 6 rings (SSSR count). The first kappa shape index (κ1) is 20.2. The summed E-state index contributed by atoms with van der Waals surface area (Å²) in [5.74, 6) is 1.65. The number of fused-ring (bicyclic) bond motifs is 2. The molecule has 1 aliphatic carbocycles. The van der Waals surface area contributed by atoms with E-state index in [1.807, 2.05) is 6.07 Å². The number of morpholine rings is 1. The molecule has 1 aliphatic heterocycles. The van der Waals surface area contributed by atoms with Crippen molar-refractivity contribution >= 4 is 33.6 Å². The quantitative estimate of drug-likeness (QED) is 0.491. The Morgan fingerprint density at radius 3 is 2.70 bits per heavy atom. The number of ether oxygens (including phenoxy) is 2. The zero-order valence-electron chi connectivity index (χ0n) is 18.3. The van der Waals surface area contributed by atoms with E-state index in [0.717, 1.165) is 85.7 Å². The first-order valence-electron chi connectivity index (χ1n) is 11.5. The van der Waals surface area contributed by atoms with Crippen LogP contribution in [0.3, 0.4) is 0 Å². The Bertz CT molecular complexity index is 1250. The zero-order valence-corrected chi connectivity index (χ0v) is 18.3. The third kappa shape index (κ3) is 4.16. The maximum Gasteiger partial charge on any atom is 0.231 e. The first-order chi connectivity index (χ1) is 16.3. The molecule has 0 bridgehead atoms. The average Bonchev–Trinajstić information content (AvgIpc) is 3.36. The van der Waals surface area contributed by atoms with Gasteiger partial charge in [0.05, 0.1) is 36.5 Å². The van der Waals surface area contributed by atoms with Crippen LogP contribution in [0.15, 0.2) is 47.6 Å². The van der Waals surface area contributed by atoms with Gasteiger partial charge in [-0.3, -0.25) is 4.98 Å². The number of benzene rings is 1. The van der Waals surface area contributed by atoms with Gasteiger partial charge in [-0.05, 0) is 37.8 Å². The molecule has 1 saturated heterocycles. The molecule has 9 nitrogen and oxygen atoms in total. The lowest BCUT2D eigenvalue weighted by Gasteiger charge is -2.31. The molecule has 0 atom stereocenters. The van der Waals surface area contributed by atoms with E-state index in [9.17, 15) is 0 Å². The van der Waals surface area contributed by atoms with Crippen molar-refractivity contribution < 1.29 is 13.9 Å². The van der Waals surface area contributed by atoms with E-state index in [-0.39, 0.29) is 6.10 Å². The van der Waals surface area contributed by atoms with Gasteiger partial charge in [0, 0.05) is 43.3 Å². The SMILES string of the molecule is c1cnc2c(O[C@H]3CC[C@@H](Nc4ncnc5occc45)CC3)cc(N3CCOCC3)cc2n1. The van der Waals surface area contributed by atoms with Gasteiger partial charge < -0.3 is 24.1 Å². The molecule has 4 aromatic rings. The molecule has 0 spiro atoms. The summed E-state index contributed by atoms with van der Waals surface area (Å²) in [6.07, 6.45) is 10.7. The summed E-state index contributed by atoms with van der Waals surface area (Å²) < 4.78 is 17.4. The number of nitrogens with zero attached hydrogens (tertiary/aromatic N) is 5. The van der Waals surface area contributed by atoms with E-state index in [4.69, 9.17) is 13.9 Å². The number of hydrogen-bond donors (Lipinski definition) is 1. The number of hydrogen-bond acceptors (Lipinski definition) is 9. The topological polar surface area (TPSA) is 98.4 Å². The summed E-state index contributed by atoms with van der Waals surface area (Å²) in [6, 6.07) is 6.46. The predicted octanol–water partition coefficient (Wildman–Crippen LogP) is 3.80. The van der Waals surface area contributed by atoms with Crippen molar-refractivity contribution in [1.29, 1.82) is 0 Å². The van der Waals surface area contributed by atoms with Crippen LogP contribution in [0.25, 0.3) is 22.1 Å². The Balaban J connectivity index is 1.16. The Hall–Kier alpha value is -3.46. The number of anilines is 2. The summed E-state index contributed by atoms with van der Waals surface area (Å²) in [7, 11) is 0. The van der Waals surface area contributed by atoms with Crippen molar-refractivity contribution in [3.63, 3.8) is 0 Å². The van der Waals surface area contributed by atoms with E-state index in [1.54, 1.807) is 18.7 Å². The van der Waals surface area contributed by atoms with Gasteiger partial charge in [-0.15, -0.1) is 0 Å². The van der Waals surface area contributed by atoms with Gasteiger partial charge in [0.15, 0.2) is 0 Å². The number of aromatic nitrogens is 4. The number of furan rings is 1. The number of rotatable bonds is 5. The Morgan fingerprint density at radius 2 is 1.82 bits per heavy atom. The average molecular weight is 447 g/mol. The molecule has 1 N–H and O–H groups in total. The maximum atomic E-state index is 6.53. The standard InChI is InChI=1S/C24H26N6O3/c1-3-18(4-2-16(1)29-23-19-5-10-32-24(19)28-15-27-23)33-21-14-17(30-8-11-31-12-9-30)13-20-22(21)26-7-6-25-20/h5-7,10,13-16,18H,1-4,8-9,11-12H2,(H,27,28,29)/t16-,18+. The Labute approximate surface area is 191 Å². The molecule has 3 aromatic heterocycles. The first-order valence-corrected chi connectivity index (χ1v) is 11.5. The van der Waals surface area contributed by atoms with E-state index >= 15 is 0 Å². The number of nitrogens with one attached hydrogen (secondary N) is 1. The molecule has 4 heterocycles. The fourth-order valence-electron chi connectivity index (χ4n) is 4.73. The van der Waals surface area contributed by atoms with E-state index < -0.39 is 0 Å². The van der Waals surface area contributed by atoms with Crippen molar-refractivity contribution in [3.05, 3.63) is 43.2 Å². The minimum atomic E-state index is 0.146. The van der Waals surface area contributed by atoms with Crippen LogP contribution in [0.4, 0.5) is 11.5 Å². The van der Waals surface area contributed by atoms with Gasteiger partial charge in [-0.1, -0.05) is 0 Å². The maximum absolute atomic E-state index is 6.53. The second kappa shape index (κ2) is 8.82. The zero-order chi connectivity index (χ0) is 22.0. The van der Waals surface area contributed by atoms with Crippen LogP contribution in [0.1, 0.15) is 25.7 Å². The van der Waals surface area contributed by atoms with Gasteiger partial charge in [-0.25, -0.2) is 15.0 Å². The summed E-state index contributed by atoms with van der Waals surface area (Å²) >= 11 is 0. The molecule has 0 radical (unpaired) electrons. The van der Waals surface area contributed by atoms with Crippen molar-refractivity contribution in [2.24, 2.45) is 0 Å². The van der Waals surface area contributed by atoms with Gasteiger partial charge in [-0.2, -0.15) is 0 Å². The van der Waals surface area contributed by atoms with Crippen LogP contribution >= 0.6 is 0 Å². The molecule has 1 aromatic carbocycles. The van der Waals surface area contributed by atoms with Gasteiger partial charge in [0.25, 0.3) is 0 Å². The molecule has 2 fully saturated rings. The minimum Gasteiger partial charge on any atom is -0.488 e. The minimum absolute atomic E-state index is 0.146. The molecule has 0 amide bonds. The van der Waals surface area contributed by atoms with Crippen molar-refractivity contribution in [3.8, 4) is 5.75 Å². The summed E-state index contributed by atoms with van der Waals surface area (Å²) in [4.78, 5) is 20.0. The molecule has 9 heteroatoms. The van der Waals surface area contributed by atoms with Gasteiger partial charge >= 0.3 is 0 Å². The van der Waals surface area contributed by atoms with Crippen LogP contribution in [-0.2, 0) is 4.74 Å². The van der Waals surface area contributed by atoms with Gasteiger partial charge in [0.2, 0.25) is 5.71 Å². The molecule has 33 heavy (non-hydrogen) atoms. The highest BCUT2D eigenvalue weighted by atomic mass is 16.5. The fourth-order valence-corrected chi connectivity index (χ4v) is 4.73. The smallest absolute Gasteiger partial charge is 0.231 e. The third-order valence-electron chi connectivity index (χ3n) is 6.47. The molecular weight excluding hydrogens is 420 g/mol. The summed E-state index contributed by atoms with van der Waals surface area (Å²) in [5, 5.41) is 4.49. The van der Waals surface area contributed by atoms with Crippen LogP contribution in [0, 0.1) is 0 Å².